The second-order valence-electron chi connectivity index (χ2n) is 6.69. The number of nitrogens with zero attached hydrogens (tertiary/aromatic N) is 4. The molecule has 1 aromatic heterocycles. The van der Waals surface area contributed by atoms with Gasteiger partial charge in [-0.2, -0.15) is 0 Å². The predicted molar refractivity (Wildman–Crippen MR) is 130 cm³/mol. The van der Waals surface area contributed by atoms with Crippen LogP contribution in [0.2, 0.25) is 0 Å². The molecule has 0 radical (unpaired) electrons. The fourth-order valence-corrected chi connectivity index (χ4v) is 3.23. The van der Waals surface area contributed by atoms with Gasteiger partial charge in [-0.25, -0.2) is 4.98 Å². The molecule has 0 unspecified atom stereocenters. The van der Waals surface area contributed by atoms with Crippen LogP contribution in [0.1, 0.15) is 18.9 Å². The number of para-hydroxylation sites is 2. The van der Waals surface area contributed by atoms with Crippen molar-refractivity contribution in [1.82, 2.24) is 19.8 Å². The van der Waals surface area contributed by atoms with Crippen LogP contribution >= 0.6 is 24.0 Å². The standard InChI is InChI=1S/C22H29N5O.HI/c1-4-28-19-12-10-18(11-13-19)16-26(3)22(23-2)24-14-7-15-27-17-25-20-8-5-6-9-21(20)27;/h5-6,8-13,17H,4,7,14-16H2,1-3H3,(H,23,24);1H. The van der Waals surface area contributed by atoms with E-state index in [1.54, 1.807) is 0 Å². The van der Waals surface area contributed by atoms with E-state index in [-0.39, 0.29) is 24.0 Å². The molecule has 0 aliphatic rings. The minimum atomic E-state index is 0. The maximum Gasteiger partial charge on any atom is 0.193 e. The summed E-state index contributed by atoms with van der Waals surface area (Å²) in [6.07, 6.45) is 2.91. The molecule has 1 heterocycles. The van der Waals surface area contributed by atoms with Crippen molar-refractivity contribution in [3.8, 4) is 5.75 Å². The van der Waals surface area contributed by atoms with Crippen LogP contribution in [0.3, 0.4) is 0 Å². The first-order valence-corrected chi connectivity index (χ1v) is 9.74. The third-order valence-corrected chi connectivity index (χ3v) is 4.61. The molecule has 1 N–H and O–H groups in total. The van der Waals surface area contributed by atoms with E-state index < -0.39 is 0 Å². The Morgan fingerprint density at radius 2 is 1.93 bits per heavy atom. The summed E-state index contributed by atoms with van der Waals surface area (Å²) >= 11 is 0. The molecule has 6 nitrogen and oxygen atoms in total. The number of halogens is 1. The maximum absolute atomic E-state index is 5.50. The van der Waals surface area contributed by atoms with Gasteiger partial charge >= 0.3 is 0 Å². The lowest BCUT2D eigenvalue weighted by molar-refractivity contribution is 0.340. The van der Waals surface area contributed by atoms with Gasteiger partial charge in [0.25, 0.3) is 0 Å². The van der Waals surface area contributed by atoms with Crippen LogP contribution in [0, 0.1) is 0 Å². The number of aromatic nitrogens is 2. The van der Waals surface area contributed by atoms with E-state index in [2.05, 4.69) is 56.1 Å². The lowest BCUT2D eigenvalue weighted by Crippen LogP contribution is -2.39. The molecular weight excluding hydrogens is 477 g/mol. The van der Waals surface area contributed by atoms with Crippen LogP contribution in [0.5, 0.6) is 5.75 Å². The zero-order valence-corrected chi connectivity index (χ0v) is 19.7. The Bertz CT molecular complexity index is 907. The summed E-state index contributed by atoms with van der Waals surface area (Å²) in [6.45, 7) is 5.25. The minimum absolute atomic E-state index is 0. The van der Waals surface area contributed by atoms with Crippen molar-refractivity contribution in [2.45, 2.75) is 26.4 Å². The average Bonchev–Trinajstić information content (AvgIpc) is 3.13. The number of fused-ring (bicyclic) bond motifs is 1. The number of rotatable bonds is 8. The van der Waals surface area contributed by atoms with Crippen LogP contribution in [0.15, 0.2) is 59.9 Å². The summed E-state index contributed by atoms with van der Waals surface area (Å²) in [7, 11) is 3.87. The van der Waals surface area contributed by atoms with E-state index in [0.29, 0.717) is 6.61 Å². The number of imidazole rings is 1. The van der Waals surface area contributed by atoms with E-state index in [1.807, 2.05) is 44.6 Å². The summed E-state index contributed by atoms with van der Waals surface area (Å²) < 4.78 is 7.70. The fraction of sp³-hybridized carbons (Fsp3) is 0.364. The summed E-state index contributed by atoms with van der Waals surface area (Å²) in [5, 5.41) is 3.45. The Hall–Kier alpha value is -2.29. The molecule has 29 heavy (non-hydrogen) atoms. The van der Waals surface area contributed by atoms with Gasteiger partial charge in [0.2, 0.25) is 0 Å². The van der Waals surface area contributed by atoms with Gasteiger partial charge in [0.15, 0.2) is 5.96 Å². The molecule has 0 aliphatic carbocycles. The number of hydrogen-bond donors (Lipinski definition) is 1. The first kappa shape index (κ1) is 23.0. The van der Waals surface area contributed by atoms with Gasteiger partial charge in [0.1, 0.15) is 5.75 Å². The van der Waals surface area contributed by atoms with Gasteiger partial charge in [0.05, 0.1) is 24.0 Å². The number of nitrogens with one attached hydrogen (secondary N) is 1. The van der Waals surface area contributed by atoms with Crippen LogP contribution < -0.4 is 10.1 Å². The molecule has 7 heteroatoms. The van der Waals surface area contributed by atoms with Crippen LogP contribution in [0.25, 0.3) is 11.0 Å². The van der Waals surface area contributed by atoms with Crippen LogP contribution in [-0.4, -0.2) is 47.7 Å². The molecule has 0 bridgehead atoms. The van der Waals surface area contributed by atoms with Gasteiger partial charge in [-0.15, -0.1) is 24.0 Å². The molecule has 0 saturated carbocycles. The summed E-state index contributed by atoms with van der Waals surface area (Å²) in [5.41, 5.74) is 3.44. The number of aryl methyl sites for hydroxylation is 1. The summed E-state index contributed by atoms with van der Waals surface area (Å²) in [4.78, 5) is 11.0. The summed E-state index contributed by atoms with van der Waals surface area (Å²) in [6, 6.07) is 16.4. The highest BCUT2D eigenvalue weighted by Crippen LogP contribution is 2.14. The highest BCUT2D eigenvalue weighted by atomic mass is 127. The highest BCUT2D eigenvalue weighted by Gasteiger charge is 2.07. The molecule has 2 aromatic carbocycles. The predicted octanol–water partition coefficient (Wildman–Crippen LogP) is 4.15. The van der Waals surface area contributed by atoms with Crippen LogP contribution in [0.4, 0.5) is 0 Å². The van der Waals surface area contributed by atoms with E-state index in [1.165, 1.54) is 11.1 Å². The Labute approximate surface area is 190 Å². The van der Waals surface area contributed by atoms with Gasteiger partial charge < -0.3 is 19.5 Å². The Balaban J connectivity index is 0.00000300. The van der Waals surface area contributed by atoms with E-state index in [4.69, 9.17) is 4.74 Å². The first-order valence-electron chi connectivity index (χ1n) is 9.74. The minimum Gasteiger partial charge on any atom is -0.494 e. The van der Waals surface area contributed by atoms with Crippen molar-refractivity contribution in [3.05, 3.63) is 60.4 Å². The van der Waals surface area contributed by atoms with Crippen molar-refractivity contribution in [3.63, 3.8) is 0 Å². The Kier molecular flexibility index (Phi) is 9.24. The molecule has 0 atom stereocenters. The summed E-state index contributed by atoms with van der Waals surface area (Å²) in [5.74, 6) is 1.80. The third-order valence-electron chi connectivity index (χ3n) is 4.61. The van der Waals surface area contributed by atoms with E-state index in [0.717, 1.165) is 43.3 Å². The quantitative estimate of drug-likeness (QED) is 0.216. The second kappa shape index (κ2) is 11.6. The smallest absolute Gasteiger partial charge is 0.193 e. The number of ether oxygens (including phenoxy) is 1. The molecule has 3 aromatic rings. The zero-order valence-electron chi connectivity index (χ0n) is 17.3. The van der Waals surface area contributed by atoms with Gasteiger partial charge in [0, 0.05) is 33.7 Å². The Morgan fingerprint density at radius 3 is 2.66 bits per heavy atom. The van der Waals surface area contributed by atoms with E-state index in [9.17, 15) is 0 Å². The van der Waals surface area contributed by atoms with Crippen molar-refractivity contribution in [2.75, 3.05) is 27.2 Å². The largest absolute Gasteiger partial charge is 0.494 e. The lowest BCUT2D eigenvalue weighted by atomic mass is 10.2. The highest BCUT2D eigenvalue weighted by molar-refractivity contribution is 14.0. The molecule has 0 spiro atoms. The molecule has 3 rings (SSSR count). The molecule has 0 aliphatic heterocycles. The normalized spacial score (nSPS) is 11.2. The molecule has 0 fully saturated rings. The van der Waals surface area contributed by atoms with Crippen molar-refractivity contribution >= 4 is 41.0 Å². The number of guanidine groups is 1. The van der Waals surface area contributed by atoms with Gasteiger partial charge in [-0.3, -0.25) is 4.99 Å². The van der Waals surface area contributed by atoms with Crippen LogP contribution in [-0.2, 0) is 13.1 Å². The SMILES string of the molecule is CCOc1ccc(CN(C)C(=NC)NCCCn2cnc3ccccc32)cc1.I. The maximum atomic E-state index is 5.50. The monoisotopic (exact) mass is 507 g/mol. The number of benzene rings is 2. The van der Waals surface area contributed by atoms with E-state index >= 15 is 0 Å². The fourth-order valence-electron chi connectivity index (χ4n) is 3.23. The average molecular weight is 507 g/mol. The zero-order chi connectivity index (χ0) is 19.8. The van der Waals surface area contributed by atoms with Gasteiger partial charge in [-0.1, -0.05) is 24.3 Å². The lowest BCUT2D eigenvalue weighted by Gasteiger charge is -2.22. The van der Waals surface area contributed by atoms with Gasteiger partial charge in [-0.05, 0) is 43.2 Å². The third kappa shape index (κ3) is 6.35. The van der Waals surface area contributed by atoms with Crippen molar-refractivity contribution in [2.24, 2.45) is 4.99 Å². The first-order chi connectivity index (χ1) is 13.7. The van der Waals surface area contributed by atoms with Crippen molar-refractivity contribution in [1.29, 1.82) is 0 Å². The molecular formula is C22H30IN5O. The molecule has 156 valence electrons. The van der Waals surface area contributed by atoms with Crippen molar-refractivity contribution < 1.29 is 4.74 Å². The molecule has 0 saturated heterocycles. The topological polar surface area (TPSA) is 54.7 Å². The molecule has 0 amide bonds. The number of aliphatic imine (C=N–C) groups is 1. The second-order valence-corrected chi connectivity index (χ2v) is 6.69. The Morgan fingerprint density at radius 1 is 1.17 bits per heavy atom. The number of hydrogen-bond acceptors (Lipinski definition) is 3.